The number of rotatable bonds is 5. The van der Waals surface area contributed by atoms with E-state index in [1.54, 1.807) is 7.11 Å². The molecule has 94 valence electrons. The molecular formula is C11H20O5. The molecule has 0 bridgehead atoms. The summed E-state index contributed by atoms with van der Waals surface area (Å²) >= 11 is 0. The Morgan fingerprint density at radius 1 is 1.25 bits per heavy atom. The number of fused-ring (bicyclic) bond motifs is 1. The molecule has 5 heteroatoms. The first-order valence-corrected chi connectivity index (χ1v) is 5.68. The second kappa shape index (κ2) is 4.98. The standard InChI is InChI=1S/C11H20O5/c1-11(2)15-9-6-8(14-10(9)16-11)7-13-5-4-12-3/h8-10H,4-7H2,1-3H3/t8-,9?,10+/m0/s1. The molecule has 0 radical (unpaired) electrons. The highest BCUT2D eigenvalue weighted by molar-refractivity contribution is 4.84. The summed E-state index contributed by atoms with van der Waals surface area (Å²) in [4.78, 5) is 0. The van der Waals surface area contributed by atoms with Crippen LogP contribution in [0.1, 0.15) is 20.3 Å². The Hall–Kier alpha value is -0.200. The minimum absolute atomic E-state index is 0.0472. The molecule has 2 heterocycles. The van der Waals surface area contributed by atoms with E-state index in [2.05, 4.69) is 0 Å². The van der Waals surface area contributed by atoms with Gasteiger partial charge in [-0.3, -0.25) is 0 Å². The summed E-state index contributed by atoms with van der Waals surface area (Å²) in [7, 11) is 1.66. The number of methoxy groups -OCH3 is 1. The molecule has 3 atom stereocenters. The molecule has 0 aromatic heterocycles. The van der Waals surface area contributed by atoms with Crippen LogP contribution >= 0.6 is 0 Å². The van der Waals surface area contributed by atoms with Gasteiger partial charge in [-0.15, -0.1) is 0 Å². The molecule has 0 saturated carbocycles. The molecule has 2 aliphatic rings. The fraction of sp³-hybridized carbons (Fsp3) is 1.00. The summed E-state index contributed by atoms with van der Waals surface area (Å²) in [6, 6.07) is 0. The zero-order valence-corrected chi connectivity index (χ0v) is 10.1. The van der Waals surface area contributed by atoms with Crippen LogP contribution in [0.5, 0.6) is 0 Å². The molecule has 0 amide bonds. The minimum Gasteiger partial charge on any atom is -0.382 e. The van der Waals surface area contributed by atoms with E-state index in [4.69, 9.17) is 23.7 Å². The molecular weight excluding hydrogens is 212 g/mol. The number of hydrogen-bond donors (Lipinski definition) is 0. The Labute approximate surface area is 95.9 Å². The van der Waals surface area contributed by atoms with Crippen molar-refractivity contribution in [1.29, 1.82) is 0 Å². The summed E-state index contributed by atoms with van der Waals surface area (Å²) in [5.74, 6) is -0.517. The third kappa shape index (κ3) is 2.93. The van der Waals surface area contributed by atoms with Crippen molar-refractivity contribution >= 4 is 0 Å². The maximum absolute atomic E-state index is 5.70. The minimum atomic E-state index is -0.517. The fourth-order valence-electron chi connectivity index (χ4n) is 2.05. The molecule has 0 spiro atoms. The maximum atomic E-state index is 5.70. The van der Waals surface area contributed by atoms with E-state index in [1.165, 1.54) is 0 Å². The molecule has 2 rings (SSSR count). The summed E-state index contributed by atoms with van der Waals surface area (Å²) in [6.07, 6.45) is 0.723. The molecule has 5 nitrogen and oxygen atoms in total. The highest BCUT2D eigenvalue weighted by Gasteiger charge is 2.48. The third-order valence-corrected chi connectivity index (χ3v) is 2.70. The monoisotopic (exact) mass is 232 g/mol. The van der Waals surface area contributed by atoms with Crippen LogP contribution in [0, 0.1) is 0 Å². The molecule has 2 fully saturated rings. The van der Waals surface area contributed by atoms with Gasteiger partial charge in [0.15, 0.2) is 12.1 Å². The van der Waals surface area contributed by atoms with Gasteiger partial charge >= 0.3 is 0 Å². The molecule has 2 aliphatic heterocycles. The average molecular weight is 232 g/mol. The topological polar surface area (TPSA) is 46.2 Å². The first-order valence-electron chi connectivity index (χ1n) is 5.68. The molecule has 0 N–H and O–H groups in total. The van der Waals surface area contributed by atoms with Crippen LogP contribution < -0.4 is 0 Å². The van der Waals surface area contributed by atoms with Gasteiger partial charge in [-0.05, 0) is 13.8 Å². The van der Waals surface area contributed by atoms with Crippen LogP contribution in [0.15, 0.2) is 0 Å². The third-order valence-electron chi connectivity index (χ3n) is 2.70. The lowest BCUT2D eigenvalue weighted by atomic mass is 10.2. The summed E-state index contributed by atoms with van der Waals surface area (Å²) in [5.41, 5.74) is 0. The van der Waals surface area contributed by atoms with Crippen molar-refractivity contribution in [3.05, 3.63) is 0 Å². The van der Waals surface area contributed by atoms with E-state index in [9.17, 15) is 0 Å². The van der Waals surface area contributed by atoms with E-state index in [0.717, 1.165) is 6.42 Å². The Bertz CT molecular complexity index is 214. The Morgan fingerprint density at radius 3 is 2.75 bits per heavy atom. The quantitative estimate of drug-likeness (QED) is 0.659. The van der Waals surface area contributed by atoms with Gasteiger partial charge in [0, 0.05) is 13.5 Å². The molecule has 1 unspecified atom stereocenters. The predicted octanol–water partition coefficient (Wildman–Crippen LogP) is 0.916. The summed E-state index contributed by atoms with van der Waals surface area (Å²) < 4.78 is 27.3. The van der Waals surface area contributed by atoms with Gasteiger partial charge in [-0.1, -0.05) is 0 Å². The summed E-state index contributed by atoms with van der Waals surface area (Å²) in [6.45, 7) is 5.58. The fourth-order valence-corrected chi connectivity index (χ4v) is 2.05. The zero-order chi connectivity index (χ0) is 11.6. The lowest BCUT2D eigenvalue weighted by molar-refractivity contribution is -0.209. The lowest BCUT2D eigenvalue weighted by Gasteiger charge is -2.20. The van der Waals surface area contributed by atoms with Crippen molar-refractivity contribution in [3.63, 3.8) is 0 Å². The van der Waals surface area contributed by atoms with Crippen LogP contribution in [0.3, 0.4) is 0 Å². The second-order valence-electron chi connectivity index (χ2n) is 4.60. The SMILES string of the molecule is COCCOC[C@@H]1CC2OC(C)(C)O[C@H]2O1. The highest BCUT2D eigenvalue weighted by atomic mass is 16.8. The average Bonchev–Trinajstić information content (AvgIpc) is 2.65. The second-order valence-corrected chi connectivity index (χ2v) is 4.60. The van der Waals surface area contributed by atoms with Crippen LogP contribution in [0.2, 0.25) is 0 Å². The van der Waals surface area contributed by atoms with Crippen LogP contribution in [-0.2, 0) is 23.7 Å². The Morgan fingerprint density at radius 2 is 2.06 bits per heavy atom. The largest absolute Gasteiger partial charge is 0.382 e. The molecule has 0 aliphatic carbocycles. The molecule has 2 saturated heterocycles. The summed E-state index contributed by atoms with van der Waals surface area (Å²) in [5, 5.41) is 0. The van der Waals surface area contributed by atoms with Crippen LogP contribution in [0.25, 0.3) is 0 Å². The van der Waals surface area contributed by atoms with Crippen molar-refractivity contribution in [1.82, 2.24) is 0 Å². The van der Waals surface area contributed by atoms with Crippen LogP contribution in [-0.4, -0.2) is 51.2 Å². The first kappa shape index (κ1) is 12.3. The first-order chi connectivity index (χ1) is 7.61. The molecule has 0 aromatic carbocycles. The van der Waals surface area contributed by atoms with Gasteiger partial charge in [0.2, 0.25) is 0 Å². The Balaban J connectivity index is 1.67. The Kier molecular flexibility index (Phi) is 3.81. The normalized spacial score (nSPS) is 36.6. The van der Waals surface area contributed by atoms with Crippen molar-refractivity contribution < 1.29 is 23.7 Å². The van der Waals surface area contributed by atoms with Crippen molar-refractivity contribution in [2.24, 2.45) is 0 Å². The maximum Gasteiger partial charge on any atom is 0.187 e. The van der Waals surface area contributed by atoms with E-state index >= 15 is 0 Å². The van der Waals surface area contributed by atoms with Gasteiger partial charge in [0.25, 0.3) is 0 Å². The van der Waals surface area contributed by atoms with Gasteiger partial charge in [0.05, 0.1) is 25.9 Å². The van der Waals surface area contributed by atoms with Gasteiger partial charge in [-0.25, -0.2) is 0 Å². The smallest absolute Gasteiger partial charge is 0.187 e. The van der Waals surface area contributed by atoms with Gasteiger partial charge in [-0.2, -0.15) is 0 Å². The molecule has 16 heavy (non-hydrogen) atoms. The van der Waals surface area contributed by atoms with Gasteiger partial charge in [0.1, 0.15) is 6.10 Å². The van der Waals surface area contributed by atoms with Crippen LogP contribution in [0.4, 0.5) is 0 Å². The van der Waals surface area contributed by atoms with E-state index < -0.39 is 5.79 Å². The van der Waals surface area contributed by atoms with Crippen molar-refractivity contribution in [2.45, 2.75) is 44.6 Å². The van der Waals surface area contributed by atoms with E-state index in [-0.39, 0.29) is 18.5 Å². The highest BCUT2D eigenvalue weighted by Crippen LogP contribution is 2.36. The van der Waals surface area contributed by atoms with Crippen molar-refractivity contribution in [3.8, 4) is 0 Å². The number of hydrogen-bond acceptors (Lipinski definition) is 5. The van der Waals surface area contributed by atoms with E-state index in [0.29, 0.717) is 19.8 Å². The van der Waals surface area contributed by atoms with Crippen molar-refractivity contribution in [2.75, 3.05) is 26.9 Å². The number of ether oxygens (including phenoxy) is 5. The van der Waals surface area contributed by atoms with E-state index in [1.807, 2.05) is 13.8 Å². The molecule has 0 aromatic rings. The predicted molar refractivity (Wildman–Crippen MR) is 56.0 cm³/mol. The van der Waals surface area contributed by atoms with Gasteiger partial charge < -0.3 is 23.7 Å². The lowest BCUT2D eigenvalue weighted by Crippen LogP contribution is -2.26. The zero-order valence-electron chi connectivity index (χ0n) is 10.1.